The van der Waals surface area contributed by atoms with Crippen LogP contribution >= 0.6 is 0 Å². The molecule has 4 N–H and O–H groups in total. The van der Waals surface area contributed by atoms with E-state index in [9.17, 15) is 0 Å². The van der Waals surface area contributed by atoms with Crippen molar-refractivity contribution in [1.29, 1.82) is 0 Å². The van der Waals surface area contributed by atoms with Crippen molar-refractivity contribution in [3.05, 3.63) is 54.1 Å². The maximum Gasteiger partial charge on any atom is 0.227 e. The van der Waals surface area contributed by atoms with Crippen LogP contribution in [-0.2, 0) is 9.57 Å². The van der Waals surface area contributed by atoms with Gasteiger partial charge in [0, 0.05) is 44.2 Å². The summed E-state index contributed by atoms with van der Waals surface area (Å²) < 4.78 is 5.52. The minimum atomic E-state index is -0.0948. The molecule has 2 fully saturated rings. The molecule has 2 unspecified atom stereocenters. The number of nitrogens with one attached hydrogen (secondary N) is 4. The van der Waals surface area contributed by atoms with E-state index in [0.29, 0.717) is 31.7 Å². The van der Waals surface area contributed by atoms with Gasteiger partial charge in [-0.3, -0.25) is 0 Å². The Morgan fingerprint density at radius 1 is 1.08 bits per heavy atom. The van der Waals surface area contributed by atoms with Gasteiger partial charge in [-0.2, -0.15) is 9.97 Å². The first-order valence-corrected chi connectivity index (χ1v) is 13.0. The summed E-state index contributed by atoms with van der Waals surface area (Å²) in [5.74, 6) is 4.55. The summed E-state index contributed by atoms with van der Waals surface area (Å²) in [6.07, 6.45) is 11.9. The second-order valence-electron chi connectivity index (χ2n) is 9.15. The first-order valence-electron chi connectivity index (χ1n) is 13.0. The van der Waals surface area contributed by atoms with Crippen molar-refractivity contribution in [3.8, 4) is 0 Å². The summed E-state index contributed by atoms with van der Waals surface area (Å²) >= 11 is 0. The van der Waals surface area contributed by atoms with Crippen LogP contribution in [0.3, 0.4) is 0 Å². The van der Waals surface area contributed by atoms with Crippen molar-refractivity contribution in [2.24, 2.45) is 5.92 Å². The molecule has 2 aromatic heterocycles. The average molecular weight is 509 g/mol. The summed E-state index contributed by atoms with van der Waals surface area (Å²) in [4.78, 5) is 25.5. The maximum atomic E-state index is 5.65. The third-order valence-electron chi connectivity index (χ3n) is 6.53. The molecule has 0 aromatic carbocycles. The summed E-state index contributed by atoms with van der Waals surface area (Å²) in [5, 5.41) is 8.92. The maximum absolute atomic E-state index is 5.65. The molecule has 5 heterocycles. The van der Waals surface area contributed by atoms with Crippen molar-refractivity contribution < 1.29 is 9.57 Å². The van der Waals surface area contributed by atoms with Gasteiger partial charge in [-0.1, -0.05) is 13.8 Å². The van der Waals surface area contributed by atoms with Crippen LogP contribution in [0.4, 0.5) is 17.6 Å². The molecule has 0 bridgehead atoms. The quantitative estimate of drug-likeness (QED) is 0.418. The topological polar surface area (TPSA) is 125 Å². The minimum Gasteiger partial charge on any atom is -0.411 e. The van der Waals surface area contributed by atoms with Crippen molar-refractivity contribution in [1.82, 2.24) is 35.9 Å². The molecule has 12 heteroatoms. The van der Waals surface area contributed by atoms with Crippen LogP contribution in [-0.4, -0.2) is 70.9 Å². The van der Waals surface area contributed by atoms with Crippen LogP contribution in [0.2, 0.25) is 0 Å². The number of hydroxylamine groups is 1. The van der Waals surface area contributed by atoms with Crippen molar-refractivity contribution in [3.63, 3.8) is 0 Å². The first-order chi connectivity index (χ1) is 18.2. The highest BCUT2D eigenvalue weighted by Gasteiger charge is 2.36. The number of anilines is 3. The molecule has 12 nitrogen and oxygen atoms in total. The summed E-state index contributed by atoms with van der Waals surface area (Å²) in [5.41, 5.74) is 7.34. The lowest BCUT2D eigenvalue weighted by molar-refractivity contribution is 0.116. The number of hydrazine groups is 1. The normalized spacial score (nSPS) is 23.3. The van der Waals surface area contributed by atoms with Crippen LogP contribution in [0, 0.1) is 5.92 Å². The molecular weight excluding hydrogens is 472 g/mol. The Morgan fingerprint density at radius 3 is 2.62 bits per heavy atom. The molecule has 6 rings (SSSR count). The molecule has 198 valence electrons. The number of ether oxygens (including phenoxy) is 1. The summed E-state index contributed by atoms with van der Waals surface area (Å²) in [6.45, 7) is 7.40. The highest BCUT2D eigenvalue weighted by atomic mass is 16.7. The van der Waals surface area contributed by atoms with Crippen molar-refractivity contribution in [2.45, 2.75) is 38.8 Å². The van der Waals surface area contributed by atoms with Crippen LogP contribution in [0.15, 0.2) is 48.5 Å². The monoisotopic (exact) mass is 508 g/mol. The highest BCUT2D eigenvalue weighted by molar-refractivity contribution is 5.56. The van der Waals surface area contributed by atoms with E-state index >= 15 is 0 Å². The lowest BCUT2D eigenvalue weighted by atomic mass is 10.1. The molecule has 0 radical (unpaired) electrons. The number of nitrogens with zero attached hydrogens (tertiary/aromatic N) is 6. The van der Waals surface area contributed by atoms with Gasteiger partial charge in [0.2, 0.25) is 5.95 Å². The van der Waals surface area contributed by atoms with Gasteiger partial charge >= 0.3 is 0 Å². The van der Waals surface area contributed by atoms with Crippen LogP contribution < -0.4 is 26.4 Å². The van der Waals surface area contributed by atoms with Gasteiger partial charge in [0.05, 0.1) is 31.8 Å². The fraction of sp³-hybridized carbons (Fsp3) is 0.520. The van der Waals surface area contributed by atoms with Crippen molar-refractivity contribution >= 4 is 17.6 Å². The van der Waals surface area contributed by atoms with E-state index < -0.39 is 0 Å². The van der Waals surface area contributed by atoms with E-state index in [2.05, 4.69) is 54.5 Å². The van der Waals surface area contributed by atoms with Crippen LogP contribution in [0.1, 0.15) is 38.3 Å². The number of hydrogen-bond donors (Lipinski definition) is 4. The fourth-order valence-corrected chi connectivity index (χ4v) is 4.50. The number of aromatic nitrogens is 4. The zero-order valence-corrected chi connectivity index (χ0v) is 21.6. The summed E-state index contributed by atoms with van der Waals surface area (Å²) in [6, 6.07) is 2.31. The smallest absolute Gasteiger partial charge is 0.227 e. The van der Waals surface area contributed by atoms with E-state index in [4.69, 9.17) is 19.5 Å². The van der Waals surface area contributed by atoms with Gasteiger partial charge in [0.25, 0.3) is 0 Å². The number of likely N-dealkylation sites (N-methyl/N-ethyl adjacent to an activating group) is 1. The number of morpholine rings is 1. The van der Waals surface area contributed by atoms with Gasteiger partial charge < -0.3 is 30.5 Å². The van der Waals surface area contributed by atoms with Crippen LogP contribution in [0.25, 0.3) is 0 Å². The molecule has 3 aliphatic heterocycles. The average Bonchev–Trinajstić information content (AvgIpc) is 3.57. The second kappa shape index (κ2) is 11.7. The molecule has 37 heavy (non-hydrogen) atoms. The minimum absolute atomic E-state index is 0.0948. The predicted octanol–water partition coefficient (Wildman–Crippen LogP) is 2.18. The highest BCUT2D eigenvalue weighted by Crippen LogP contribution is 2.37. The van der Waals surface area contributed by atoms with E-state index in [0.717, 1.165) is 47.8 Å². The number of rotatable bonds is 8. The Balaban J connectivity index is 0.00000137. The molecular formula is C25H36N10O2. The molecule has 4 aliphatic rings. The Morgan fingerprint density at radius 2 is 1.86 bits per heavy atom. The van der Waals surface area contributed by atoms with Gasteiger partial charge in [0.1, 0.15) is 29.5 Å². The SMILES string of the molecule is CC.CN1NC(Nc2cc(N3CCOCC3)nc(NCC3=CC(c4cncnc4)NO3)n2)=CC1C1CC1. The third-order valence-corrected chi connectivity index (χ3v) is 6.53. The Hall–Kier alpha value is -3.48. The Bertz CT molecular complexity index is 1100. The standard InChI is InChI=1S/C23H30N10O2.C2H6/c1-32-19(15-2-3-15)9-21(30-32)27-20-10-22(33-4-6-34-7-5-33)29-23(28-20)26-13-17-8-18(31-35-17)16-11-24-14-25-12-16;1-2/h8-12,14-15,18-19,30-31H,2-7,13H2,1H3,(H2,26,27,28,29);1-2H3. The molecule has 1 aliphatic carbocycles. The second-order valence-corrected chi connectivity index (χ2v) is 9.15. The van der Waals surface area contributed by atoms with Crippen molar-refractivity contribution in [2.75, 3.05) is 55.4 Å². The lowest BCUT2D eigenvalue weighted by Gasteiger charge is -2.28. The molecule has 0 spiro atoms. The van der Waals surface area contributed by atoms with E-state index in [1.165, 1.54) is 19.2 Å². The van der Waals surface area contributed by atoms with E-state index in [-0.39, 0.29) is 6.04 Å². The largest absolute Gasteiger partial charge is 0.411 e. The third kappa shape index (κ3) is 6.27. The molecule has 1 saturated heterocycles. The lowest BCUT2D eigenvalue weighted by Crippen LogP contribution is -2.37. The first kappa shape index (κ1) is 25.2. The fourth-order valence-electron chi connectivity index (χ4n) is 4.50. The Labute approximate surface area is 217 Å². The molecule has 1 saturated carbocycles. The van der Waals surface area contributed by atoms with Crippen LogP contribution in [0.5, 0.6) is 0 Å². The van der Waals surface area contributed by atoms with Gasteiger partial charge in [-0.15, -0.1) is 5.48 Å². The molecule has 0 amide bonds. The Kier molecular flexibility index (Phi) is 7.97. The van der Waals surface area contributed by atoms with E-state index in [1.807, 2.05) is 26.0 Å². The zero-order chi connectivity index (χ0) is 25.6. The predicted molar refractivity (Wildman–Crippen MR) is 141 cm³/mol. The van der Waals surface area contributed by atoms with E-state index in [1.54, 1.807) is 12.4 Å². The molecule has 2 atom stereocenters. The summed E-state index contributed by atoms with van der Waals surface area (Å²) in [7, 11) is 2.08. The van der Waals surface area contributed by atoms with Gasteiger partial charge in [0.15, 0.2) is 0 Å². The van der Waals surface area contributed by atoms with Gasteiger partial charge in [-0.25, -0.2) is 15.0 Å². The molecule has 2 aromatic rings. The number of hydrogen-bond acceptors (Lipinski definition) is 12. The zero-order valence-electron chi connectivity index (χ0n) is 21.6. The van der Waals surface area contributed by atoms with Gasteiger partial charge in [-0.05, 0) is 30.9 Å².